The van der Waals surface area contributed by atoms with E-state index in [2.05, 4.69) is 0 Å². The molecule has 3 atom stereocenters. The molecule has 128 valence electrons. The fourth-order valence-electron chi connectivity index (χ4n) is 3.29. The largest absolute Gasteiger partial charge is 0.472 e. The molecule has 1 fully saturated rings. The van der Waals surface area contributed by atoms with Gasteiger partial charge >= 0.3 is 0 Å². The number of hydrogen-bond donors (Lipinski definition) is 0. The second-order valence-electron chi connectivity index (χ2n) is 6.41. The third-order valence-corrected chi connectivity index (χ3v) is 6.56. The number of furan rings is 1. The molecule has 1 saturated heterocycles. The van der Waals surface area contributed by atoms with Gasteiger partial charge in [0.25, 0.3) is 0 Å². The summed E-state index contributed by atoms with van der Waals surface area (Å²) in [7, 11) is -3.53. The molecule has 4 nitrogen and oxygen atoms in total. The van der Waals surface area contributed by atoms with Crippen LogP contribution in [0, 0.1) is 6.92 Å². The van der Waals surface area contributed by atoms with Gasteiger partial charge in [-0.1, -0.05) is 48.0 Å². The first-order chi connectivity index (χ1) is 12.1. The molecule has 0 bridgehead atoms. The highest BCUT2D eigenvalue weighted by Crippen LogP contribution is 2.49. The van der Waals surface area contributed by atoms with E-state index in [-0.39, 0.29) is 12.1 Å². The van der Waals surface area contributed by atoms with Gasteiger partial charge < -0.3 is 4.42 Å². The van der Waals surface area contributed by atoms with Crippen LogP contribution in [0.1, 0.15) is 22.7 Å². The Morgan fingerprint density at radius 3 is 2.36 bits per heavy atom. The molecule has 0 N–H and O–H groups in total. The highest BCUT2D eigenvalue weighted by molar-refractivity contribution is 7.89. The van der Waals surface area contributed by atoms with Crippen LogP contribution in [0.15, 0.2) is 82.5 Å². The molecule has 1 unspecified atom stereocenters. The molecule has 1 aliphatic rings. The van der Waals surface area contributed by atoms with Gasteiger partial charge in [0.2, 0.25) is 10.0 Å². The van der Waals surface area contributed by atoms with Crippen molar-refractivity contribution < 1.29 is 12.8 Å². The minimum Gasteiger partial charge on any atom is -0.472 e. The van der Waals surface area contributed by atoms with Gasteiger partial charge in [-0.2, -0.15) is 4.31 Å². The Morgan fingerprint density at radius 2 is 1.72 bits per heavy atom. The predicted molar refractivity (Wildman–Crippen MR) is 95.6 cm³/mol. The normalized spacial score (nSPS) is 22.7. The van der Waals surface area contributed by atoms with Gasteiger partial charge in [-0.15, -0.1) is 0 Å². The number of aryl methyl sites for hydroxylation is 1. The van der Waals surface area contributed by atoms with Crippen molar-refractivity contribution in [3.05, 3.63) is 89.9 Å². The number of sulfonamides is 1. The van der Waals surface area contributed by atoms with Crippen molar-refractivity contribution in [1.82, 2.24) is 4.31 Å². The van der Waals surface area contributed by atoms with Crippen molar-refractivity contribution in [2.45, 2.75) is 30.3 Å². The van der Waals surface area contributed by atoms with Gasteiger partial charge in [0, 0.05) is 0 Å². The Kier molecular flexibility index (Phi) is 3.98. The van der Waals surface area contributed by atoms with Gasteiger partial charge in [-0.25, -0.2) is 8.42 Å². The highest BCUT2D eigenvalue weighted by Gasteiger charge is 2.55. The second-order valence-corrected chi connectivity index (χ2v) is 8.25. The predicted octanol–water partition coefficient (Wildman–Crippen LogP) is 3.94. The van der Waals surface area contributed by atoms with Crippen LogP contribution in [0.2, 0.25) is 0 Å². The van der Waals surface area contributed by atoms with E-state index in [4.69, 9.17) is 4.42 Å². The smallest absolute Gasteiger partial charge is 0.244 e. The van der Waals surface area contributed by atoms with E-state index in [1.807, 2.05) is 55.5 Å². The van der Waals surface area contributed by atoms with Gasteiger partial charge in [-0.3, -0.25) is 0 Å². The van der Waals surface area contributed by atoms with Gasteiger partial charge in [0.05, 0.1) is 29.5 Å². The monoisotopic (exact) mass is 353 g/mol. The zero-order chi connectivity index (χ0) is 17.4. The van der Waals surface area contributed by atoms with Crippen LogP contribution in [0.25, 0.3) is 0 Å². The Bertz CT molecular complexity index is 948. The Balaban J connectivity index is 1.68. The van der Waals surface area contributed by atoms with Gasteiger partial charge in [0.1, 0.15) is 0 Å². The molecule has 4 rings (SSSR count). The van der Waals surface area contributed by atoms with E-state index in [0.717, 1.165) is 16.7 Å². The molecule has 1 aliphatic heterocycles. The lowest BCUT2D eigenvalue weighted by atomic mass is 10.1. The molecule has 2 aromatic carbocycles. The van der Waals surface area contributed by atoms with E-state index in [0.29, 0.717) is 11.3 Å². The summed E-state index contributed by atoms with van der Waals surface area (Å²) in [6.45, 7) is 1.95. The van der Waals surface area contributed by atoms with Crippen molar-refractivity contribution in [2.24, 2.45) is 0 Å². The van der Waals surface area contributed by atoms with Crippen molar-refractivity contribution in [3.63, 3.8) is 0 Å². The maximum Gasteiger partial charge on any atom is 0.244 e. The summed E-state index contributed by atoms with van der Waals surface area (Å²) in [5, 5.41) is 0. The molecule has 3 aromatic rings. The van der Waals surface area contributed by atoms with Gasteiger partial charge in [-0.05, 0) is 42.7 Å². The summed E-state index contributed by atoms with van der Waals surface area (Å²) < 4.78 is 33.0. The summed E-state index contributed by atoms with van der Waals surface area (Å²) >= 11 is 0. The van der Waals surface area contributed by atoms with E-state index >= 15 is 0 Å². The summed E-state index contributed by atoms with van der Waals surface area (Å²) in [6.07, 6.45) is 3.94. The van der Waals surface area contributed by atoms with Crippen LogP contribution in [0.4, 0.5) is 0 Å². The average molecular weight is 353 g/mol. The quantitative estimate of drug-likeness (QED) is 0.653. The summed E-state index contributed by atoms with van der Waals surface area (Å²) in [4.78, 5) is 0.341. The molecule has 2 heterocycles. The van der Waals surface area contributed by atoms with Crippen molar-refractivity contribution in [1.29, 1.82) is 0 Å². The highest BCUT2D eigenvalue weighted by atomic mass is 32.2. The van der Waals surface area contributed by atoms with Crippen molar-refractivity contribution in [3.8, 4) is 0 Å². The first kappa shape index (κ1) is 16.1. The van der Waals surface area contributed by atoms with E-state index in [1.165, 1.54) is 0 Å². The molecule has 5 heteroatoms. The van der Waals surface area contributed by atoms with Crippen LogP contribution >= 0.6 is 0 Å². The molecule has 0 aliphatic carbocycles. The molecular weight excluding hydrogens is 334 g/mol. The second kappa shape index (κ2) is 6.17. The zero-order valence-corrected chi connectivity index (χ0v) is 14.7. The first-order valence-electron chi connectivity index (χ1n) is 8.23. The Hall–Kier alpha value is -2.37. The minimum atomic E-state index is -3.53. The van der Waals surface area contributed by atoms with Crippen molar-refractivity contribution in [2.75, 3.05) is 0 Å². The summed E-state index contributed by atoms with van der Waals surface area (Å²) in [5.74, 6) is 0. The van der Waals surface area contributed by atoms with E-state index < -0.39 is 10.0 Å². The SMILES string of the molecule is Cc1ccc(S(=O)(=O)N2[C@H](Cc3ccoc3)[C@H]2c2ccccc2)cc1. The molecule has 0 saturated carbocycles. The third-order valence-electron chi connectivity index (χ3n) is 4.64. The number of benzene rings is 2. The van der Waals surface area contributed by atoms with Crippen LogP contribution in [-0.2, 0) is 16.4 Å². The maximum absolute atomic E-state index is 13.1. The lowest BCUT2D eigenvalue weighted by Crippen LogP contribution is -2.16. The third kappa shape index (κ3) is 3.01. The topological polar surface area (TPSA) is 50.3 Å². The van der Waals surface area contributed by atoms with Crippen LogP contribution in [-0.4, -0.2) is 18.8 Å². The molecular formula is C20H19NO3S. The summed E-state index contributed by atoms with van der Waals surface area (Å²) in [5.41, 5.74) is 3.07. The number of hydrogen-bond acceptors (Lipinski definition) is 3. The Labute approximate surface area is 147 Å². The number of nitrogens with zero attached hydrogens (tertiary/aromatic N) is 1. The Morgan fingerprint density at radius 1 is 1.00 bits per heavy atom. The van der Waals surface area contributed by atoms with E-state index in [9.17, 15) is 8.42 Å². The number of rotatable bonds is 5. The first-order valence-corrected chi connectivity index (χ1v) is 9.67. The van der Waals surface area contributed by atoms with Crippen LogP contribution < -0.4 is 0 Å². The molecule has 1 aromatic heterocycles. The average Bonchev–Trinajstić information content (AvgIpc) is 3.10. The van der Waals surface area contributed by atoms with Gasteiger partial charge in [0.15, 0.2) is 0 Å². The standard InChI is InChI=1S/C20H19NO3S/c1-15-7-9-18(10-8-15)25(22,23)21-19(13-16-11-12-24-14-16)20(21)17-5-3-2-4-6-17/h2-12,14,19-20H,13H2,1H3/t19-,20-,21?/m1/s1. The van der Waals surface area contributed by atoms with Crippen molar-refractivity contribution >= 4 is 10.0 Å². The van der Waals surface area contributed by atoms with Crippen LogP contribution in [0.5, 0.6) is 0 Å². The van der Waals surface area contributed by atoms with E-state index in [1.54, 1.807) is 29.0 Å². The maximum atomic E-state index is 13.1. The lowest BCUT2D eigenvalue weighted by molar-refractivity contribution is 0.543. The molecule has 0 radical (unpaired) electrons. The van der Waals surface area contributed by atoms with Crippen LogP contribution in [0.3, 0.4) is 0 Å². The minimum absolute atomic E-state index is 0.0914. The molecule has 0 spiro atoms. The fourth-order valence-corrected chi connectivity index (χ4v) is 5.06. The molecule has 0 amide bonds. The zero-order valence-electron chi connectivity index (χ0n) is 13.9. The fraction of sp³-hybridized carbons (Fsp3) is 0.200. The lowest BCUT2D eigenvalue weighted by Gasteiger charge is -2.07. The molecule has 25 heavy (non-hydrogen) atoms. The summed E-state index contributed by atoms with van der Waals surface area (Å²) in [6, 6.07) is 18.5.